The van der Waals surface area contributed by atoms with Gasteiger partial charge < -0.3 is 14.7 Å². The largest absolute Gasteiger partial charge is 0.480 e. The number of hydrogen-bond donors (Lipinski definition) is 1. The van der Waals surface area contributed by atoms with Gasteiger partial charge in [0.2, 0.25) is 5.91 Å². The maximum Gasteiger partial charge on any atom is 0.323 e. The zero-order valence-corrected chi connectivity index (χ0v) is 12.6. The summed E-state index contributed by atoms with van der Waals surface area (Å²) in [5, 5.41) is 8.92. The molecule has 0 unspecified atom stereocenters. The third kappa shape index (κ3) is 7.46. The third-order valence-electron chi connectivity index (χ3n) is 2.96. The maximum absolute atomic E-state index is 12.1. The summed E-state index contributed by atoms with van der Waals surface area (Å²) in [7, 11) is 0. The van der Waals surface area contributed by atoms with Crippen molar-refractivity contribution in [2.45, 2.75) is 32.8 Å². The highest BCUT2D eigenvalue weighted by Crippen LogP contribution is 2.04. The molecule has 0 heterocycles. The Bertz CT molecular complexity index is 445. The van der Waals surface area contributed by atoms with Crippen LogP contribution in [0.4, 0.5) is 0 Å². The first-order chi connectivity index (χ1) is 9.99. The molecule has 0 bridgehead atoms. The minimum atomic E-state index is -0.999. The molecule has 1 N–H and O–H groups in total. The zero-order valence-electron chi connectivity index (χ0n) is 12.6. The summed E-state index contributed by atoms with van der Waals surface area (Å²) in [4.78, 5) is 24.3. The lowest BCUT2D eigenvalue weighted by atomic mass is 10.1. The molecule has 0 spiro atoms. The summed E-state index contributed by atoms with van der Waals surface area (Å²) >= 11 is 0. The maximum atomic E-state index is 12.1. The fraction of sp³-hybridized carbons (Fsp3) is 0.500. The number of amides is 1. The van der Waals surface area contributed by atoms with Crippen LogP contribution >= 0.6 is 0 Å². The summed E-state index contributed by atoms with van der Waals surface area (Å²) in [6, 6.07) is 9.70. The summed E-state index contributed by atoms with van der Waals surface area (Å²) in [6.07, 6.45) is 0.917. The van der Waals surface area contributed by atoms with Crippen molar-refractivity contribution < 1.29 is 19.4 Å². The average Bonchev–Trinajstić information content (AvgIpc) is 2.43. The van der Waals surface area contributed by atoms with Crippen LogP contribution in [0.3, 0.4) is 0 Å². The van der Waals surface area contributed by atoms with E-state index in [1.165, 1.54) is 4.90 Å². The van der Waals surface area contributed by atoms with Crippen LogP contribution in [0, 0.1) is 0 Å². The van der Waals surface area contributed by atoms with E-state index >= 15 is 0 Å². The predicted octanol–water partition coefficient (Wildman–Crippen LogP) is 1.96. The van der Waals surface area contributed by atoms with Crippen LogP contribution in [0.25, 0.3) is 0 Å². The quantitative estimate of drug-likeness (QED) is 0.756. The lowest BCUT2D eigenvalue weighted by Gasteiger charge is -2.21. The molecular weight excluding hydrogens is 270 g/mol. The van der Waals surface area contributed by atoms with Crippen LogP contribution in [0.5, 0.6) is 0 Å². The molecule has 0 aromatic heterocycles. The van der Waals surface area contributed by atoms with Crippen LogP contribution in [-0.2, 0) is 20.7 Å². The molecule has 1 amide bonds. The molecule has 5 nitrogen and oxygen atoms in total. The first-order valence-electron chi connectivity index (χ1n) is 7.14. The van der Waals surface area contributed by atoms with Crippen LogP contribution in [0.2, 0.25) is 0 Å². The van der Waals surface area contributed by atoms with Gasteiger partial charge in [0.05, 0.1) is 19.1 Å². The second-order valence-electron chi connectivity index (χ2n) is 5.11. The van der Waals surface area contributed by atoms with E-state index in [0.717, 1.165) is 5.56 Å². The zero-order chi connectivity index (χ0) is 15.7. The van der Waals surface area contributed by atoms with E-state index in [-0.39, 0.29) is 25.0 Å². The number of ether oxygens (including phenoxy) is 1. The second kappa shape index (κ2) is 9.13. The van der Waals surface area contributed by atoms with Crippen molar-refractivity contribution in [1.29, 1.82) is 0 Å². The van der Waals surface area contributed by atoms with Gasteiger partial charge in [0.1, 0.15) is 6.54 Å². The number of benzene rings is 1. The van der Waals surface area contributed by atoms with Crippen LogP contribution < -0.4 is 0 Å². The minimum Gasteiger partial charge on any atom is -0.480 e. The van der Waals surface area contributed by atoms with Gasteiger partial charge in [-0.3, -0.25) is 9.59 Å². The lowest BCUT2D eigenvalue weighted by Crippen LogP contribution is -2.37. The Morgan fingerprint density at radius 1 is 1.24 bits per heavy atom. The molecule has 116 valence electrons. The second-order valence-corrected chi connectivity index (χ2v) is 5.11. The molecule has 0 saturated carbocycles. The van der Waals surface area contributed by atoms with Gasteiger partial charge in [-0.2, -0.15) is 0 Å². The van der Waals surface area contributed by atoms with Crippen molar-refractivity contribution in [2.75, 3.05) is 19.7 Å². The monoisotopic (exact) mass is 293 g/mol. The highest BCUT2D eigenvalue weighted by molar-refractivity contribution is 5.81. The smallest absolute Gasteiger partial charge is 0.323 e. The number of hydrogen-bond acceptors (Lipinski definition) is 3. The third-order valence-corrected chi connectivity index (χ3v) is 2.96. The molecule has 5 heteroatoms. The number of nitrogens with zero attached hydrogens (tertiary/aromatic N) is 1. The van der Waals surface area contributed by atoms with E-state index in [9.17, 15) is 9.59 Å². The highest BCUT2D eigenvalue weighted by Gasteiger charge is 2.16. The fourth-order valence-electron chi connectivity index (χ4n) is 1.90. The van der Waals surface area contributed by atoms with E-state index in [4.69, 9.17) is 9.84 Å². The van der Waals surface area contributed by atoms with Gasteiger partial charge in [0.25, 0.3) is 0 Å². The number of carboxylic acids is 1. The average molecular weight is 293 g/mol. The summed E-state index contributed by atoms with van der Waals surface area (Å²) in [5.74, 6) is -1.19. The number of carboxylic acid groups (broad SMARTS) is 1. The summed E-state index contributed by atoms with van der Waals surface area (Å²) < 4.78 is 5.34. The van der Waals surface area contributed by atoms with Crippen molar-refractivity contribution in [3.05, 3.63) is 35.9 Å². The van der Waals surface area contributed by atoms with Crippen molar-refractivity contribution in [3.8, 4) is 0 Å². The Hall–Kier alpha value is -1.88. The van der Waals surface area contributed by atoms with Crippen molar-refractivity contribution in [2.24, 2.45) is 0 Å². The van der Waals surface area contributed by atoms with Crippen molar-refractivity contribution >= 4 is 11.9 Å². The number of carbonyl (C=O) groups is 2. The molecule has 1 rings (SSSR count). The highest BCUT2D eigenvalue weighted by atomic mass is 16.5. The Morgan fingerprint density at radius 3 is 2.48 bits per heavy atom. The summed E-state index contributed by atoms with van der Waals surface area (Å²) in [5.41, 5.74) is 1.08. The number of carbonyl (C=O) groups excluding carboxylic acids is 1. The van der Waals surface area contributed by atoms with Crippen molar-refractivity contribution in [3.63, 3.8) is 0 Å². The minimum absolute atomic E-state index is 0.0649. The van der Waals surface area contributed by atoms with E-state index < -0.39 is 5.97 Å². The molecule has 0 saturated heterocycles. The van der Waals surface area contributed by atoms with Gasteiger partial charge in [-0.05, 0) is 25.8 Å². The number of rotatable bonds is 9. The topological polar surface area (TPSA) is 66.8 Å². The molecule has 0 aliphatic rings. The van der Waals surface area contributed by atoms with Crippen LogP contribution in [-0.4, -0.2) is 47.7 Å². The van der Waals surface area contributed by atoms with Crippen LogP contribution in [0.1, 0.15) is 25.8 Å². The van der Waals surface area contributed by atoms with Gasteiger partial charge in [0, 0.05) is 6.54 Å². The Kier molecular flexibility index (Phi) is 7.46. The predicted molar refractivity (Wildman–Crippen MR) is 80.1 cm³/mol. The number of aliphatic carboxylic acids is 1. The van der Waals surface area contributed by atoms with Gasteiger partial charge in [-0.1, -0.05) is 30.3 Å². The Balaban J connectivity index is 2.50. The molecular formula is C16H23NO4. The Labute approximate surface area is 125 Å². The molecule has 0 fully saturated rings. The normalized spacial score (nSPS) is 10.6. The van der Waals surface area contributed by atoms with E-state index in [2.05, 4.69) is 0 Å². The van der Waals surface area contributed by atoms with E-state index in [0.29, 0.717) is 19.6 Å². The van der Waals surface area contributed by atoms with Crippen LogP contribution in [0.15, 0.2) is 30.3 Å². The molecule has 21 heavy (non-hydrogen) atoms. The van der Waals surface area contributed by atoms with Gasteiger partial charge in [-0.25, -0.2) is 0 Å². The standard InChI is InChI=1S/C16H23NO4/c1-13(2)21-11-9-15(18)17(12-16(19)20)10-8-14-6-4-3-5-7-14/h3-7,13H,8-12H2,1-2H3,(H,19,20). The summed E-state index contributed by atoms with van der Waals surface area (Å²) in [6.45, 7) is 4.24. The first-order valence-corrected chi connectivity index (χ1v) is 7.14. The molecule has 1 aromatic rings. The lowest BCUT2D eigenvalue weighted by molar-refractivity contribution is -0.145. The molecule has 0 radical (unpaired) electrons. The van der Waals surface area contributed by atoms with Gasteiger partial charge in [0.15, 0.2) is 0 Å². The molecule has 0 aliphatic carbocycles. The Morgan fingerprint density at radius 2 is 1.90 bits per heavy atom. The van der Waals surface area contributed by atoms with Gasteiger partial charge in [-0.15, -0.1) is 0 Å². The van der Waals surface area contributed by atoms with Crippen molar-refractivity contribution in [1.82, 2.24) is 4.90 Å². The van der Waals surface area contributed by atoms with E-state index in [1.54, 1.807) is 0 Å². The molecule has 1 aromatic carbocycles. The molecule has 0 aliphatic heterocycles. The van der Waals surface area contributed by atoms with E-state index in [1.807, 2.05) is 44.2 Å². The first kappa shape index (κ1) is 17.2. The fourth-order valence-corrected chi connectivity index (χ4v) is 1.90. The van der Waals surface area contributed by atoms with Gasteiger partial charge >= 0.3 is 5.97 Å². The SMILES string of the molecule is CC(C)OCCC(=O)N(CCc1ccccc1)CC(=O)O. The molecule has 0 atom stereocenters.